The van der Waals surface area contributed by atoms with Crippen LogP contribution in [0.15, 0.2) is 41.3 Å². The van der Waals surface area contributed by atoms with Crippen molar-refractivity contribution in [2.45, 2.75) is 25.7 Å². The first kappa shape index (κ1) is 17.0. The van der Waals surface area contributed by atoms with Crippen LogP contribution < -0.4 is 10.0 Å². The summed E-state index contributed by atoms with van der Waals surface area (Å²) in [6.07, 6.45) is 0. The van der Waals surface area contributed by atoms with Crippen LogP contribution in [0.3, 0.4) is 0 Å². The Morgan fingerprint density at radius 2 is 1.57 bits per heavy atom. The molecule has 0 atom stereocenters. The zero-order valence-electron chi connectivity index (χ0n) is 13.6. The van der Waals surface area contributed by atoms with Gasteiger partial charge in [0.25, 0.3) is 15.9 Å². The summed E-state index contributed by atoms with van der Waals surface area (Å²) < 4.78 is 27.6. The monoisotopic (exact) mass is 332 g/mol. The SMILES string of the molecule is CNC(=O)c1cc(S(=O)(=O)Nc2ccc(C)c(C)c2)ccc1C. The molecule has 0 fully saturated rings. The van der Waals surface area contributed by atoms with E-state index in [9.17, 15) is 13.2 Å². The lowest BCUT2D eigenvalue weighted by molar-refractivity contribution is 0.0962. The van der Waals surface area contributed by atoms with E-state index >= 15 is 0 Å². The summed E-state index contributed by atoms with van der Waals surface area (Å²) in [7, 11) is -2.24. The van der Waals surface area contributed by atoms with Crippen LogP contribution in [0.2, 0.25) is 0 Å². The van der Waals surface area contributed by atoms with Crippen molar-refractivity contribution in [2.24, 2.45) is 0 Å². The third-order valence-corrected chi connectivity index (χ3v) is 5.13. The van der Waals surface area contributed by atoms with Crippen molar-refractivity contribution in [3.05, 3.63) is 58.7 Å². The highest BCUT2D eigenvalue weighted by molar-refractivity contribution is 7.92. The predicted octanol–water partition coefficient (Wildman–Crippen LogP) is 2.77. The number of sulfonamides is 1. The lowest BCUT2D eigenvalue weighted by Crippen LogP contribution is -2.20. The molecule has 0 aliphatic heterocycles. The van der Waals surface area contributed by atoms with Crippen molar-refractivity contribution < 1.29 is 13.2 Å². The molecule has 2 rings (SSSR count). The third-order valence-electron chi connectivity index (χ3n) is 3.75. The first-order chi connectivity index (χ1) is 10.7. The fourth-order valence-corrected chi connectivity index (χ4v) is 3.24. The van der Waals surface area contributed by atoms with Gasteiger partial charge in [-0.25, -0.2) is 8.42 Å². The van der Waals surface area contributed by atoms with Gasteiger partial charge in [-0.3, -0.25) is 9.52 Å². The Morgan fingerprint density at radius 1 is 0.913 bits per heavy atom. The average Bonchev–Trinajstić information content (AvgIpc) is 2.50. The van der Waals surface area contributed by atoms with E-state index in [1.165, 1.54) is 19.2 Å². The molecule has 5 nitrogen and oxygen atoms in total. The molecular weight excluding hydrogens is 312 g/mol. The van der Waals surface area contributed by atoms with Gasteiger partial charge in [0.15, 0.2) is 0 Å². The van der Waals surface area contributed by atoms with E-state index in [2.05, 4.69) is 10.0 Å². The van der Waals surface area contributed by atoms with Gasteiger partial charge in [0.2, 0.25) is 0 Å². The van der Waals surface area contributed by atoms with E-state index in [1.54, 1.807) is 25.1 Å². The molecule has 0 spiro atoms. The summed E-state index contributed by atoms with van der Waals surface area (Å²) in [5.41, 5.74) is 3.64. The first-order valence-electron chi connectivity index (χ1n) is 7.17. The molecule has 2 N–H and O–H groups in total. The fraction of sp³-hybridized carbons (Fsp3) is 0.235. The number of hydrogen-bond donors (Lipinski definition) is 2. The normalized spacial score (nSPS) is 11.1. The van der Waals surface area contributed by atoms with E-state index in [1.807, 2.05) is 19.9 Å². The minimum atomic E-state index is -3.75. The summed E-state index contributed by atoms with van der Waals surface area (Å²) in [5, 5.41) is 2.51. The molecule has 0 unspecified atom stereocenters. The van der Waals surface area contributed by atoms with Gasteiger partial charge in [0.1, 0.15) is 0 Å². The summed E-state index contributed by atoms with van der Waals surface area (Å²) in [6, 6.07) is 9.86. The zero-order chi connectivity index (χ0) is 17.2. The average molecular weight is 332 g/mol. The number of anilines is 1. The standard InChI is InChI=1S/C17H20N2O3S/c1-11-5-7-14(9-13(11)3)19-23(21,22)15-8-6-12(2)16(10-15)17(20)18-4/h5-10,19H,1-4H3,(H,18,20). The molecule has 23 heavy (non-hydrogen) atoms. The molecule has 1 amide bonds. The fourth-order valence-electron chi connectivity index (χ4n) is 2.17. The molecule has 0 aliphatic rings. The number of carbonyl (C=O) groups excluding carboxylic acids is 1. The number of hydrogen-bond acceptors (Lipinski definition) is 3. The summed E-state index contributed by atoms with van der Waals surface area (Å²) >= 11 is 0. The van der Waals surface area contributed by atoms with Gasteiger partial charge in [0, 0.05) is 18.3 Å². The Morgan fingerprint density at radius 3 is 2.17 bits per heavy atom. The van der Waals surface area contributed by atoms with Gasteiger partial charge < -0.3 is 5.32 Å². The minimum absolute atomic E-state index is 0.0555. The van der Waals surface area contributed by atoms with E-state index in [-0.39, 0.29) is 10.8 Å². The molecular formula is C17H20N2O3S. The van der Waals surface area contributed by atoms with Crippen LogP contribution in [0.4, 0.5) is 5.69 Å². The molecule has 2 aromatic rings. The topological polar surface area (TPSA) is 75.3 Å². The Kier molecular flexibility index (Phi) is 4.75. The van der Waals surface area contributed by atoms with Gasteiger partial charge in [-0.1, -0.05) is 12.1 Å². The lowest BCUT2D eigenvalue weighted by Gasteiger charge is -2.12. The molecule has 0 saturated carbocycles. The second-order valence-electron chi connectivity index (χ2n) is 5.46. The number of aryl methyl sites for hydroxylation is 3. The van der Waals surface area contributed by atoms with Crippen molar-refractivity contribution in [3.63, 3.8) is 0 Å². The molecule has 0 aromatic heterocycles. The minimum Gasteiger partial charge on any atom is -0.355 e. The van der Waals surface area contributed by atoms with Gasteiger partial charge in [-0.2, -0.15) is 0 Å². The summed E-state index contributed by atoms with van der Waals surface area (Å²) in [4.78, 5) is 11.9. The van der Waals surface area contributed by atoms with Crippen molar-refractivity contribution >= 4 is 21.6 Å². The Hall–Kier alpha value is -2.34. The van der Waals surface area contributed by atoms with Crippen LogP contribution >= 0.6 is 0 Å². The molecule has 122 valence electrons. The molecule has 6 heteroatoms. The molecule has 0 bridgehead atoms. The van der Waals surface area contributed by atoms with Crippen molar-refractivity contribution in [1.82, 2.24) is 5.32 Å². The molecule has 0 saturated heterocycles. The van der Waals surface area contributed by atoms with Gasteiger partial charge in [-0.05, 0) is 61.7 Å². The predicted molar refractivity (Wildman–Crippen MR) is 91.3 cm³/mol. The van der Waals surface area contributed by atoms with E-state index in [0.29, 0.717) is 11.3 Å². The zero-order valence-corrected chi connectivity index (χ0v) is 14.4. The molecule has 2 aromatic carbocycles. The van der Waals surface area contributed by atoms with Gasteiger partial charge in [-0.15, -0.1) is 0 Å². The maximum absolute atomic E-state index is 12.5. The number of benzene rings is 2. The Balaban J connectivity index is 2.39. The lowest BCUT2D eigenvalue weighted by atomic mass is 10.1. The van der Waals surface area contributed by atoms with Crippen molar-refractivity contribution in [1.29, 1.82) is 0 Å². The molecule has 0 radical (unpaired) electrons. The van der Waals surface area contributed by atoms with Crippen LogP contribution in [-0.4, -0.2) is 21.4 Å². The highest BCUT2D eigenvalue weighted by Gasteiger charge is 2.18. The Labute approximate surface area is 136 Å². The largest absolute Gasteiger partial charge is 0.355 e. The maximum Gasteiger partial charge on any atom is 0.261 e. The number of rotatable bonds is 4. The number of nitrogens with one attached hydrogen (secondary N) is 2. The van der Waals surface area contributed by atoms with E-state index in [4.69, 9.17) is 0 Å². The molecule has 0 heterocycles. The van der Waals surface area contributed by atoms with Crippen LogP contribution in [0, 0.1) is 20.8 Å². The second-order valence-corrected chi connectivity index (χ2v) is 7.14. The third kappa shape index (κ3) is 3.71. The quantitative estimate of drug-likeness (QED) is 0.904. The highest BCUT2D eigenvalue weighted by atomic mass is 32.2. The van der Waals surface area contributed by atoms with Crippen LogP contribution in [0.1, 0.15) is 27.0 Å². The van der Waals surface area contributed by atoms with Crippen molar-refractivity contribution in [2.75, 3.05) is 11.8 Å². The van der Waals surface area contributed by atoms with E-state index < -0.39 is 10.0 Å². The molecule has 0 aliphatic carbocycles. The smallest absolute Gasteiger partial charge is 0.261 e. The number of carbonyl (C=O) groups is 1. The van der Waals surface area contributed by atoms with E-state index in [0.717, 1.165) is 16.7 Å². The summed E-state index contributed by atoms with van der Waals surface area (Å²) in [5.74, 6) is -0.314. The van der Waals surface area contributed by atoms with Crippen molar-refractivity contribution in [3.8, 4) is 0 Å². The van der Waals surface area contributed by atoms with Gasteiger partial charge >= 0.3 is 0 Å². The highest BCUT2D eigenvalue weighted by Crippen LogP contribution is 2.21. The maximum atomic E-state index is 12.5. The van der Waals surface area contributed by atoms with Crippen LogP contribution in [0.25, 0.3) is 0 Å². The Bertz CT molecular complexity index is 858. The van der Waals surface area contributed by atoms with Gasteiger partial charge in [0.05, 0.1) is 4.90 Å². The first-order valence-corrected chi connectivity index (χ1v) is 8.65. The summed E-state index contributed by atoms with van der Waals surface area (Å²) in [6.45, 7) is 5.64. The van der Waals surface area contributed by atoms with Crippen LogP contribution in [0.5, 0.6) is 0 Å². The van der Waals surface area contributed by atoms with Crippen LogP contribution in [-0.2, 0) is 10.0 Å². The second kappa shape index (κ2) is 6.42. The number of amides is 1.